The first-order valence-electron chi connectivity index (χ1n) is 7.27. The summed E-state index contributed by atoms with van der Waals surface area (Å²) in [6, 6.07) is 8.16. The summed E-state index contributed by atoms with van der Waals surface area (Å²) in [6.45, 7) is 5.14. The van der Waals surface area contributed by atoms with E-state index in [9.17, 15) is 4.79 Å². The average Bonchev–Trinajstić information content (AvgIpc) is 2.45. The predicted octanol–water partition coefficient (Wildman–Crippen LogP) is 2.70. The van der Waals surface area contributed by atoms with E-state index in [-0.39, 0.29) is 6.42 Å². The maximum Gasteiger partial charge on any atom is 0.305 e. The highest BCUT2D eigenvalue weighted by Gasteiger charge is 2.19. The van der Waals surface area contributed by atoms with Gasteiger partial charge >= 0.3 is 5.97 Å². The van der Waals surface area contributed by atoms with Crippen LogP contribution in [0.5, 0.6) is 0 Å². The van der Waals surface area contributed by atoms with E-state index < -0.39 is 5.97 Å². The van der Waals surface area contributed by atoms with Crippen LogP contribution in [0.3, 0.4) is 0 Å². The summed E-state index contributed by atoms with van der Waals surface area (Å²) >= 11 is 0. The van der Waals surface area contributed by atoms with Crippen LogP contribution in [0.25, 0.3) is 0 Å². The van der Waals surface area contributed by atoms with E-state index in [1.54, 1.807) is 0 Å². The van der Waals surface area contributed by atoms with Crippen molar-refractivity contribution in [3.63, 3.8) is 0 Å². The zero-order valence-electron chi connectivity index (χ0n) is 12.0. The molecule has 0 radical (unpaired) electrons. The average molecular weight is 277 g/mol. The number of benzene rings is 1. The SMILES string of the molecule is Cc1ccccc1N(CCC(=O)O)CC1CCCOC1. The Hall–Kier alpha value is -1.55. The van der Waals surface area contributed by atoms with Crippen molar-refractivity contribution in [2.75, 3.05) is 31.2 Å². The summed E-state index contributed by atoms with van der Waals surface area (Å²) in [6.07, 6.45) is 2.43. The molecule has 1 aromatic carbocycles. The Morgan fingerprint density at radius 2 is 2.25 bits per heavy atom. The molecular formula is C16H23NO3. The molecule has 0 saturated carbocycles. The molecule has 1 unspecified atom stereocenters. The van der Waals surface area contributed by atoms with E-state index in [0.29, 0.717) is 12.5 Å². The molecule has 0 aliphatic carbocycles. The Morgan fingerprint density at radius 1 is 1.45 bits per heavy atom. The molecule has 1 atom stereocenters. The molecule has 1 aliphatic heterocycles. The van der Waals surface area contributed by atoms with Crippen molar-refractivity contribution in [3.8, 4) is 0 Å². The van der Waals surface area contributed by atoms with Gasteiger partial charge < -0.3 is 14.7 Å². The monoisotopic (exact) mass is 277 g/mol. The lowest BCUT2D eigenvalue weighted by molar-refractivity contribution is -0.136. The number of hydrogen-bond donors (Lipinski definition) is 1. The normalized spacial score (nSPS) is 18.8. The number of hydrogen-bond acceptors (Lipinski definition) is 3. The summed E-state index contributed by atoms with van der Waals surface area (Å²) < 4.78 is 5.53. The Bertz CT molecular complexity index is 441. The lowest BCUT2D eigenvalue weighted by atomic mass is 10.0. The highest BCUT2D eigenvalue weighted by atomic mass is 16.5. The van der Waals surface area contributed by atoms with Crippen molar-refractivity contribution < 1.29 is 14.6 Å². The third kappa shape index (κ3) is 4.23. The van der Waals surface area contributed by atoms with Crippen LogP contribution in [0.1, 0.15) is 24.8 Å². The number of aryl methyl sites for hydroxylation is 1. The molecule has 0 spiro atoms. The molecule has 0 aromatic heterocycles. The number of para-hydroxylation sites is 1. The molecule has 1 N–H and O–H groups in total. The summed E-state index contributed by atoms with van der Waals surface area (Å²) in [5, 5.41) is 8.93. The van der Waals surface area contributed by atoms with Gasteiger partial charge in [0.15, 0.2) is 0 Å². The van der Waals surface area contributed by atoms with Crippen LogP contribution in [0.15, 0.2) is 24.3 Å². The van der Waals surface area contributed by atoms with Crippen molar-refractivity contribution >= 4 is 11.7 Å². The first-order chi connectivity index (χ1) is 9.66. The number of rotatable bonds is 6. The van der Waals surface area contributed by atoms with Gasteiger partial charge in [0.25, 0.3) is 0 Å². The van der Waals surface area contributed by atoms with E-state index in [0.717, 1.165) is 38.3 Å². The number of carboxylic acid groups (broad SMARTS) is 1. The van der Waals surface area contributed by atoms with Crippen molar-refractivity contribution in [3.05, 3.63) is 29.8 Å². The molecule has 20 heavy (non-hydrogen) atoms. The third-order valence-corrected chi connectivity index (χ3v) is 3.78. The standard InChI is InChI=1S/C16H23NO3/c1-13-5-2-3-7-15(13)17(9-8-16(18)19)11-14-6-4-10-20-12-14/h2-3,5,7,14H,4,6,8-12H2,1H3,(H,18,19). The third-order valence-electron chi connectivity index (χ3n) is 3.78. The second-order valence-corrected chi connectivity index (χ2v) is 5.46. The number of ether oxygens (including phenoxy) is 1. The fourth-order valence-electron chi connectivity index (χ4n) is 2.72. The number of anilines is 1. The highest BCUT2D eigenvalue weighted by Crippen LogP contribution is 2.23. The van der Waals surface area contributed by atoms with E-state index in [4.69, 9.17) is 9.84 Å². The van der Waals surface area contributed by atoms with Crippen molar-refractivity contribution in [1.29, 1.82) is 0 Å². The van der Waals surface area contributed by atoms with Crippen LogP contribution in [-0.2, 0) is 9.53 Å². The molecule has 1 aliphatic rings. The van der Waals surface area contributed by atoms with Gasteiger partial charge in [-0.15, -0.1) is 0 Å². The molecule has 0 bridgehead atoms. The Labute approximate surface area is 120 Å². The Kier molecular flexibility index (Phi) is 5.41. The maximum absolute atomic E-state index is 10.9. The van der Waals surface area contributed by atoms with E-state index in [1.807, 2.05) is 12.1 Å². The summed E-state index contributed by atoms with van der Waals surface area (Å²) in [7, 11) is 0. The summed E-state index contributed by atoms with van der Waals surface area (Å²) in [5.74, 6) is -0.249. The number of nitrogens with zero attached hydrogens (tertiary/aromatic N) is 1. The first kappa shape index (κ1) is 14.9. The van der Waals surface area contributed by atoms with E-state index >= 15 is 0 Å². The number of aliphatic carboxylic acids is 1. The van der Waals surface area contributed by atoms with Crippen LogP contribution in [0.4, 0.5) is 5.69 Å². The van der Waals surface area contributed by atoms with Crippen LogP contribution >= 0.6 is 0 Å². The molecular weight excluding hydrogens is 254 g/mol. The molecule has 0 amide bonds. The van der Waals surface area contributed by atoms with Crippen molar-refractivity contribution in [2.24, 2.45) is 5.92 Å². The fourth-order valence-corrected chi connectivity index (χ4v) is 2.72. The molecule has 1 aromatic rings. The maximum atomic E-state index is 10.9. The largest absolute Gasteiger partial charge is 0.481 e. The van der Waals surface area contributed by atoms with Gasteiger partial charge in [-0.2, -0.15) is 0 Å². The molecule has 1 heterocycles. The molecule has 1 saturated heterocycles. The second kappa shape index (κ2) is 7.29. The molecule has 1 fully saturated rings. The Morgan fingerprint density at radius 3 is 2.90 bits per heavy atom. The van der Waals surface area contributed by atoms with Gasteiger partial charge in [0.05, 0.1) is 13.0 Å². The molecule has 4 heteroatoms. The molecule has 110 valence electrons. The Balaban J connectivity index is 2.07. The lowest BCUT2D eigenvalue weighted by Crippen LogP contribution is -2.35. The van der Waals surface area contributed by atoms with Gasteiger partial charge in [0, 0.05) is 25.4 Å². The van der Waals surface area contributed by atoms with Gasteiger partial charge in [-0.1, -0.05) is 18.2 Å². The lowest BCUT2D eigenvalue weighted by Gasteiger charge is -2.32. The van der Waals surface area contributed by atoms with E-state index in [1.165, 1.54) is 5.56 Å². The van der Waals surface area contributed by atoms with Crippen LogP contribution in [0, 0.1) is 12.8 Å². The predicted molar refractivity (Wildman–Crippen MR) is 79.2 cm³/mol. The first-order valence-corrected chi connectivity index (χ1v) is 7.27. The van der Waals surface area contributed by atoms with Crippen LogP contribution in [0.2, 0.25) is 0 Å². The van der Waals surface area contributed by atoms with Crippen LogP contribution in [-0.4, -0.2) is 37.4 Å². The van der Waals surface area contributed by atoms with Crippen molar-refractivity contribution in [1.82, 2.24) is 0 Å². The van der Waals surface area contributed by atoms with Gasteiger partial charge in [0.2, 0.25) is 0 Å². The van der Waals surface area contributed by atoms with Gasteiger partial charge in [0.1, 0.15) is 0 Å². The number of carboxylic acids is 1. The van der Waals surface area contributed by atoms with Gasteiger partial charge in [-0.25, -0.2) is 0 Å². The van der Waals surface area contributed by atoms with E-state index in [2.05, 4.69) is 24.0 Å². The zero-order valence-corrected chi connectivity index (χ0v) is 12.0. The summed E-state index contributed by atoms with van der Waals surface area (Å²) in [5.41, 5.74) is 2.33. The van der Waals surface area contributed by atoms with Crippen molar-refractivity contribution in [2.45, 2.75) is 26.2 Å². The zero-order chi connectivity index (χ0) is 14.4. The van der Waals surface area contributed by atoms with Gasteiger partial charge in [-0.05, 0) is 37.3 Å². The summed E-state index contributed by atoms with van der Waals surface area (Å²) in [4.78, 5) is 13.1. The highest BCUT2D eigenvalue weighted by molar-refractivity contribution is 5.68. The minimum absolute atomic E-state index is 0.169. The fraction of sp³-hybridized carbons (Fsp3) is 0.562. The second-order valence-electron chi connectivity index (χ2n) is 5.46. The van der Waals surface area contributed by atoms with Crippen LogP contribution < -0.4 is 4.90 Å². The molecule has 2 rings (SSSR count). The minimum Gasteiger partial charge on any atom is -0.481 e. The quantitative estimate of drug-likeness (QED) is 0.868. The topological polar surface area (TPSA) is 49.8 Å². The minimum atomic E-state index is -0.747. The van der Waals surface area contributed by atoms with Gasteiger partial charge in [-0.3, -0.25) is 4.79 Å². The number of carbonyl (C=O) groups is 1. The molecule has 4 nitrogen and oxygen atoms in total. The smallest absolute Gasteiger partial charge is 0.305 e.